The lowest BCUT2D eigenvalue weighted by atomic mass is 10.1. The monoisotopic (exact) mass is 306 g/mol. The highest BCUT2D eigenvalue weighted by Gasteiger charge is 2.26. The summed E-state index contributed by atoms with van der Waals surface area (Å²) in [6, 6.07) is 12.8. The van der Waals surface area contributed by atoms with Crippen LogP contribution in [0.1, 0.15) is 24.3 Å². The molecule has 20 heavy (non-hydrogen) atoms. The molecule has 2 nitrogen and oxygen atoms in total. The molecule has 0 spiro atoms. The van der Waals surface area contributed by atoms with Crippen molar-refractivity contribution in [2.45, 2.75) is 32.5 Å². The maximum absolute atomic E-state index is 6.05. The number of halogens is 1. The van der Waals surface area contributed by atoms with Crippen molar-refractivity contribution in [3.05, 3.63) is 51.2 Å². The summed E-state index contributed by atoms with van der Waals surface area (Å²) < 4.78 is 0.862. The van der Waals surface area contributed by atoms with Crippen molar-refractivity contribution in [2.24, 2.45) is 0 Å². The SMILES string of the molecule is CC1(C)CN(Cc2ccc(Cl)s2)c2ccccc2CN1. The second-order valence-electron chi connectivity index (χ2n) is 5.93. The Kier molecular flexibility index (Phi) is 3.76. The Morgan fingerprint density at radius 2 is 2.05 bits per heavy atom. The van der Waals surface area contributed by atoms with Crippen LogP contribution in [0.25, 0.3) is 0 Å². The molecule has 106 valence electrons. The molecule has 3 rings (SSSR count). The second-order valence-corrected chi connectivity index (χ2v) is 7.73. The molecule has 1 aromatic heterocycles. The van der Waals surface area contributed by atoms with E-state index in [4.69, 9.17) is 11.6 Å². The van der Waals surface area contributed by atoms with E-state index in [0.717, 1.165) is 24.0 Å². The van der Waals surface area contributed by atoms with E-state index in [1.807, 2.05) is 6.07 Å². The topological polar surface area (TPSA) is 15.3 Å². The standard InChI is InChI=1S/C16H19ClN2S/c1-16(2)11-19(10-13-7-8-15(17)20-13)14-6-4-3-5-12(14)9-18-16/h3-8,18H,9-11H2,1-2H3. The lowest BCUT2D eigenvalue weighted by Crippen LogP contribution is -2.46. The van der Waals surface area contributed by atoms with Gasteiger partial charge in [0.2, 0.25) is 0 Å². The fourth-order valence-corrected chi connectivity index (χ4v) is 3.79. The fraction of sp³-hybridized carbons (Fsp3) is 0.375. The number of fused-ring (bicyclic) bond motifs is 1. The molecule has 0 aliphatic carbocycles. The first-order chi connectivity index (χ1) is 9.53. The number of nitrogens with one attached hydrogen (secondary N) is 1. The van der Waals surface area contributed by atoms with Gasteiger partial charge >= 0.3 is 0 Å². The largest absolute Gasteiger partial charge is 0.364 e. The molecule has 0 fully saturated rings. The van der Waals surface area contributed by atoms with E-state index in [2.05, 4.69) is 54.4 Å². The number of hydrogen-bond acceptors (Lipinski definition) is 3. The van der Waals surface area contributed by atoms with Crippen LogP contribution in [-0.4, -0.2) is 12.1 Å². The Bertz CT molecular complexity index is 606. The van der Waals surface area contributed by atoms with Crippen molar-refractivity contribution in [3.8, 4) is 0 Å². The van der Waals surface area contributed by atoms with Gasteiger partial charge in [-0.15, -0.1) is 11.3 Å². The number of rotatable bonds is 2. The molecule has 1 N–H and O–H groups in total. The summed E-state index contributed by atoms with van der Waals surface area (Å²) in [7, 11) is 0. The molecule has 0 amide bonds. The van der Waals surface area contributed by atoms with Crippen molar-refractivity contribution in [3.63, 3.8) is 0 Å². The molecule has 1 aliphatic rings. The summed E-state index contributed by atoms with van der Waals surface area (Å²) in [6.45, 7) is 7.34. The Labute approximate surface area is 129 Å². The van der Waals surface area contributed by atoms with E-state index in [0.29, 0.717) is 0 Å². The molecule has 4 heteroatoms. The zero-order valence-corrected chi connectivity index (χ0v) is 13.4. The van der Waals surface area contributed by atoms with Crippen molar-refractivity contribution in [2.75, 3.05) is 11.4 Å². The van der Waals surface area contributed by atoms with E-state index >= 15 is 0 Å². The molecule has 1 aliphatic heterocycles. The first-order valence-corrected chi connectivity index (χ1v) is 8.05. The van der Waals surface area contributed by atoms with Gasteiger partial charge in [-0.2, -0.15) is 0 Å². The molecule has 0 radical (unpaired) electrons. The van der Waals surface area contributed by atoms with Crippen molar-refractivity contribution in [1.29, 1.82) is 0 Å². The average Bonchev–Trinajstić information content (AvgIpc) is 2.75. The fourth-order valence-electron chi connectivity index (χ4n) is 2.69. The summed E-state index contributed by atoms with van der Waals surface area (Å²) in [4.78, 5) is 3.76. The van der Waals surface area contributed by atoms with Crippen LogP contribution >= 0.6 is 22.9 Å². The highest BCUT2D eigenvalue weighted by molar-refractivity contribution is 7.16. The van der Waals surface area contributed by atoms with Crippen LogP contribution in [-0.2, 0) is 13.1 Å². The van der Waals surface area contributed by atoms with E-state index < -0.39 is 0 Å². The van der Waals surface area contributed by atoms with Gasteiger partial charge in [-0.25, -0.2) is 0 Å². The zero-order valence-electron chi connectivity index (χ0n) is 11.8. The van der Waals surface area contributed by atoms with Crippen LogP contribution in [0.4, 0.5) is 5.69 Å². The third-order valence-corrected chi connectivity index (χ3v) is 4.87. The Hall–Kier alpha value is -1.03. The molecule has 1 aromatic carbocycles. The number of anilines is 1. The van der Waals surface area contributed by atoms with Gasteiger partial charge < -0.3 is 10.2 Å². The highest BCUT2D eigenvalue weighted by atomic mass is 35.5. The molecule has 2 heterocycles. The molecule has 0 atom stereocenters. The van der Waals surface area contributed by atoms with Gasteiger partial charge in [0.05, 0.1) is 10.9 Å². The molecule has 0 saturated carbocycles. The summed E-state index contributed by atoms with van der Waals surface area (Å²) in [5.74, 6) is 0. The third-order valence-electron chi connectivity index (χ3n) is 3.65. The molecule has 0 bridgehead atoms. The van der Waals surface area contributed by atoms with E-state index in [-0.39, 0.29) is 5.54 Å². The zero-order chi connectivity index (χ0) is 14.2. The number of benzene rings is 1. The smallest absolute Gasteiger partial charge is 0.0931 e. The molecular formula is C16H19ClN2S. The predicted octanol–water partition coefficient (Wildman–Crippen LogP) is 4.29. The van der Waals surface area contributed by atoms with E-state index in [9.17, 15) is 0 Å². The maximum Gasteiger partial charge on any atom is 0.0931 e. The molecular weight excluding hydrogens is 288 g/mol. The normalized spacial score (nSPS) is 17.6. The lowest BCUT2D eigenvalue weighted by molar-refractivity contribution is 0.395. The second kappa shape index (κ2) is 5.40. The van der Waals surface area contributed by atoms with Crippen LogP contribution in [0.3, 0.4) is 0 Å². The number of hydrogen-bond donors (Lipinski definition) is 1. The summed E-state index contributed by atoms with van der Waals surface area (Å²) in [5.41, 5.74) is 2.79. The Morgan fingerprint density at radius 3 is 2.80 bits per heavy atom. The van der Waals surface area contributed by atoms with Crippen LogP contribution in [0.15, 0.2) is 36.4 Å². The number of nitrogens with zero attached hydrogens (tertiary/aromatic N) is 1. The Morgan fingerprint density at radius 1 is 1.25 bits per heavy atom. The van der Waals surface area contributed by atoms with Gasteiger partial charge in [0.15, 0.2) is 0 Å². The van der Waals surface area contributed by atoms with Gasteiger partial charge in [0.25, 0.3) is 0 Å². The number of para-hydroxylation sites is 1. The van der Waals surface area contributed by atoms with Crippen molar-refractivity contribution in [1.82, 2.24) is 5.32 Å². The van der Waals surface area contributed by atoms with Gasteiger partial charge in [-0.3, -0.25) is 0 Å². The minimum Gasteiger partial charge on any atom is -0.364 e. The first-order valence-electron chi connectivity index (χ1n) is 6.86. The van der Waals surface area contributed by atoms with Gasteiger partial charge in [0.1, 0.15) is 0 Å². The summed E-state index contributed by atoms with van der Waals surface area (Å²) >= 11 is 7.72. The minimum absolute atomic E-state index is 0.0973. The minimum atomic E-state index is 0.0973. The lowest BCUT2D eigenvalue weighted by Gasteiger charge is -2.31. The maximum atomic E-state index is 6.05. The summed E-state index contributed by atoms with van der Waals surface area (Å²) in [6.07, 6.45) is 0. The van der Waals surface area contributed by atoms with Crippen LogP contribution in [0.5, 0.6) is 0 Å². The van der Waals surface area contributed by atoms with Crippen LogP contribution < -0.4 is 10.2 Å². The third kappa shape index (κ3) is 3.00. The van der Waals surface area contributed by atoms with Crippen LogP contribution in [0.2, 0.25) is 4.34 Å². The van der Waals surface area contributed by atoms with Gasteiger partial charge in [-0.05, 0) is 37.6 Å². The first kappa shape index (κ1) is 13.9. The quantitative estimate of drug-likeness (QED) is 0.890. The van der Waals surface area contributed by atoms with Gasteiger partial charge in [0, 0.05) is 29.2 Å². The van der Waals surface area contributed by atoms with Crippen molar-refractivity contribution >= 4 is 28.6 Å². The number of thiophene rings is 1. The Balaban J connectivity index is 1.93. The van der Waals surface area contributed by atoms with Crippen molar-refractivity contribution < 1.29 is 0 Å². The van der Waals surface area contributed by atoms with E-state index in [1.54, 1.807) is 11.3 Å². The van der Waals surface area contributed by atoms with Crippen LogP contribution in [0, 0.1) is 0 Å². The van der Waals surface area contributed by atoms with E-state index in [1.165, 1.54) is 16.1 Å². The molecule has 2 aromatic rings. The highest BCUT2D eigenvalue weighted by Crippen LogP contribution is 2.30. The predicted molar refractivity (Wildman–Crippen MR) is 87.7 cm³/mol. The average molecular weight is 307 g/mol. The molecule has 0 unspecified atom stereocenters. The summed E-state index contributed by atoms with van der Waals surface area (Å²) in [5, 5.41) is 3.63. The molecule has 0 saturated heterocycles. The van der Waals surface area contributed by atoms with Gasteiger partial charge in [-0.1, -0.05) is 29.8 Å².